The van der Waals surface area contributed by atoms with E-state index in [-0.39, 0.29) is 11.5 Å². The van der Waals surface area contributed by atoms with Gasteiger partial charge in [0.1, 0.15) is 5.28 Å². The Morgan fingerprint density at radius 3 is 2.77 bits per heavy atom. The number of nitrogens with one attached hydrogen (secondary N) is 3. The molecule has 12 heteroatoms. The van der Waals surface area contributed by atoms with Crippen LogP contribution in [0, 0.1) is 10.8 Å². The number of anilines is 2. The van der Waals surface area contributed by atoms with Gasteiger partial charge in [-0.25, -0.2) is 4.98 Å². The van der Waals surface area contributed by atoms with Gasteiger partial charge in [-0.2, -0.15) is 0 Å². The number of nitrogens with two attached hydrogens (primary N) is 1. The standard InChI is InChI=1S/C10H10N10OS/c11-8(21-19-18-13)7-9(17-20(14)10(12)16-7)15-5-1-3-6(22)4-2-5/h1-4,11-12,22H,14H2,(H,15,17). The molecule has 1 heterocycles. The lowest BCUT2D eigenvalue weighted by Gasteiger charge is -2.11. The van der Waals surface area contributed by atoms with E-state index in [1.165, 1.54) is 0 Å². The first-order valence-electron chi connectivity index (χ1n) is 5.68. The van der Waals surface area contributed by atoms with Crippen LogP contribution in [0.15, 0.2) is 34.4 Å². The number of nitrogen functional groups attached to an aromatic ring is 1. The van der Waals surface area contributed by atoms with Gasteiger partial charge in [0.25, 0.3) is 11.5 Å². The average molecular weight is 318 g/mol. The van der Waals surface area contributed by atoms with Crippen molar-refractivity contribution in [1.29, 1.82) is 10.8 Å². The predicted octanol–water partition coefficient (Wildman–Crippen LogP) is 1.07. The number of rotatable bonds is 4. The zero-order valence-corrected chi connectivity index (χ0v) is 11.8. The van der Waals surface area contributed by atoms with E-state index in [2.05, 4.69) is 43.1 Å². The Morgan fingerprint density at radius 2 is 2.14 bits per heavy atom. The van der Waals surface area contributed by atoms with Crippen molar-refractivity contribution in [2.45, 2.75) is 4.90 Å². The van der Waals surface area contributed by atoms with Crippen LogP contribution in [0.4, 0.5) is 11.5 Å². The molecule has 1 aromatic heterocycles. The molecular formula is C10H10N10OS. The molecule has 0 spiro atoms. The van der Waals surface area contributed by atoms with Crippen LogP contribution in [-0.4, -0.2) is 20.8 Å². The first-order chi connectivity index (χ1) is 10.5. The molecule has 0 radical (unpaired) electrons. The van der Waals surface area contributed by atoms with Gasteiger partial charge in [-0.1, -0.05) is 0 Å². The molecule has 112 valence electrons. The molecule has 2 rings (SSSR count). The number of benzene rings is 1. The Bertz CT molecular complexity index is 807. The Labute approximate surface area is 128 Å². The summed E-state index contributed by atoms with van der Waals surface area (Å²) in [5, 5.41) is 24.7. The van der Waals surface area contributed by atoms with E-state index in [9.17, 15) is 0 Å². The van der Waals surface area contributed by atoms with Crippen LogP contribution >= 0.6 is 12.6 Å². The summed E-state index contributed by atoms with van der Waals surface area (Å²) in [5.41, 5.74) is 8.30. The van der Waals surface area contributed by atoms with E-state index >= 15 is 0 Å². The Balaban J connectivity index is 2.42. The fourth-order valence-electron chi connectivity index (χ4n) is 1.44. The fourth-order valence-corrected chi connectivity index (χ4v) is 1.59. The maximum Gasteiger partial charge on any atom is 0.259 e. The number of thiol groups is 1. The molecule has 0 saturated heterocycles. The highest BCUT2D eigenvalue weighted by molar-refractivity contribution is 7.80. The summed E-state index contributed by atoms with van der Waals surface area (Å²) in [6.45, 7) is 0. The maximum atomic E-state index is 8.21. The normalized spacial score (nSPS) is 9.68. The molecule has 22 heavy (non-hydrogen) atoms. The van der Waals surface area contributed by atoms with Crippen LogP contribution in [0.5, 0.6) is 0 Å². The quantitative estimate of drug-likeness (QED) is 0.0826. The van der Waals surface area contributed by atoms with E-state index in [0.717, 1.165) is 9.69 Å². The summed E-state index contributed by atoms with van der Waals surface area (Å²) in [5.74, 6) is 4.96. The first-order valence-corrected chi connectivity index (χ1v) is 6.13. The summed E-state index contributed by atoms with van der Waals surface area (Å²) in [6, 6.07) is 6.94. The molecule has 0 atom stereocenters. The number of hydrogen-bond acceptors (Lipinski definition) is 9. The van der Waals surface area contributed by atoms with Gasteiger partial charge in [-0.05, 0) is 29.8 Å². The largest absolute Gasteiger partial charge is 0.372 e. The molecule has 0 fully saturated rings. The lowest BCUT2D eigenvalue weighted by atomic mass is 10.3. The molecule has 0 unspecified atom stereocenters. The number of aromatic nitrogens is 3. The average Bonchev–Trinajstić information content (AvgIpc) is 2.50. The highest BCUT2D eigenvalue weighted by Gasteiger charge is 2.15. The van der Waals surface area contributed by atoms with Crippen molar-refractivity contribution in [3.05, 3.63) is 46.0 Å². The molecule has 0 saturated carbocycles. The number of nitrogens with zero attached hydrogens (tertiary/aromatic N) is 6. The molecule has 0 aliphatic carbocycles. The Morgan fingerprint density at radius 1 is 1.45 bits per heavy atom. The zero-order valence-electron chi connectivity index (χ0n) is 10.9. The van der Waals surface area contributed by atoms with Gasteiger partial charge in [0, 0.05) is 15.5 Å². The molecule has 11 nitrogen and oxygen atoms in total. The zero-order chi connectivity index (χ0) is 16.1. The van der Waals surface area contributed by atoms with Crippen LogP contribution in [-0.2, 0) is 4.84 Å². The second-order valence-electron chi connectivity index (χ2n) is 3.84. The third kappa shape index (κ3) is 3.45. The monoisotopic (exact) mass is 318 g/mol. The minimum atomic E-state index is -0.576. The van der Waals surface area contributed by atoms with Gasteiger partial charge in [-0.3, -0.25) is 10.8 Å². The van der Waals surface area contributed by atoms with Gasteiger partial charge < -0.3 is 16.0 Å². The molecule has 2 aromatic rings. The number of azide groups is 1. The second-order valence-corrected chi connectivity index (χ2v) is 4.36. The SMILES string of the molecule is [N-]=[N+]=NOC(=N)c1nc(=N)n(N)nc1Nc1ccc(S)cc1. The lowest BCUT2D eigenvalue weighted by molar-refractivity contribution is 0.316. The third-order valence-corrected chi connectivity index (χ3v) is 2.68. The van der Waals surface area contributed by atoms with Crippen molar-refractivity contribution < 1.29 is 4.84 Å². The molecule has 0 aliphatic rings. The van der Waals surface area contributed by atoms with Crippen LogP contribution in [0.25, 0.3) is 10.4 Å². The third-order valence-electron chi connectivity index (χ3n) is 2.38. The van der Waals surface area contributed by atoms with Gasteiger partial charge >= 0.3 is 0 Å². The smallest absolute Gasteiger partial charge is 0.259 e. The molecule has 0 amide bonds. The highest BCUT2D eigenvalue weighted by atomic mass is 32.1. The van der Waals surface area contributed by atoms with Crippen LogP contribution in [0.3, 0.4) is 0 Å². The summed E-state index contributed by atoms with van der Waals surface area (Å²) < 4.78 is 0. The van der Waals surface area contributed by atoms with E-state index < -0.39 is 11.5 Å². The molecular weight excluding hydrogens is 308 g/mol. The molecule has 0 aliphatic heterocycles. The van der Waals surface area contributed by atoms with Crippen molar-refractivity contribution in [3.8, 4) is 0 Å². The summed E-state index contributed by atoms with van der Waals surface area (Å²) in [4.78, 5) is 12.1. The minimum absolute atomic E-state index is 0.0588. The molecule has 1 aromatic carbocycles. The van der Waals surface area contributed by atoms with Crippen molar-refractivity contribution >= 4 is 30.0 Å². The van der Waals surface area contributed by atoms with Crippen molar-refractivity contribution in [2.75, 3.05) is 11.2 Å². The van der Waals surface area contributed by atoms with E-state index in [1.54, 1.807) is 24.3 Å². The fraction of sp³-hybridized carbons (Fsp3) is 0. The summed E-state index contributed by atoms with van der Waals surface area (Å²) >= 11 is 4.17. The Kier molecular flexibility index (Phi) is 4.46. The topological polar surface area (TPSA) is 174 Å². The van der Waals surface area contributed by atoms with Gasteiger partial charge in [0.05, 0.1) is 0 Å². The van der Waals surface area contributed by atoms with Gasteiger partial charge in [0.15, 0.2) is 11.5 Å². The predicted molar refractivity (Wildman–Crippen MR) is 80.1 cm³/mol. The first kappa shape index (κ1) is 15.2. The summed E-state index contributed by atoms with van der Waals surface area (Å²) in [7, 11) is 0. The van der Waals surface area contributed by atoms with Crippen molar-refractivity contribution in [3.63, 3.8) is 0 Å². The van der Waals surface area contributed by atoms with E-state index in [4.69, 9.17) is 22.2 Å². The van der Waals surface area contributed by atoms with E-state index in [0.29, 0.717) is 5.69 Å². The van der Waals surface area contributed by atoms with Gasteiger partial charge in [-0.15, -0.1) is 22.5 Å². The van der Waals surface area contributed by atoms with E-state index in [1.807, 2.05) is 0 Å². The highest BCUT2D eigenvalue weighted by Crippen LogP contribution is 2.18. The minimum Gasteiger partial charge on any atom is -0.372 e. The Hall–Kier alpha value is -3.24. The second kappa shape index (κ2) is 6.47. The lowest BCUT2D eigenvalue weighted by Crippen LogP contribution is -2.34. The summed E-state index contributed by atoms with van der Waals surface area (Å²) in [6.07, 6.45) is 0. The van der Waals surface area contributed by atoms with Crippen LogP contribution in [0.2, 0.25) is 0 Å². The molecule has 5 N–H and O–H groups in total. The maximum absolute atomic E-state index is 8.21. The van der Waals surface area contributed by atoms with Crippen LogP contribution < -0.4 is 16.8 Å². The number of hydrogen-bond donors (Lipinski definition) is 5. The molecule has 0 bridgehead atoms. The van der Waals surface area contributed by atoms with Crippen LogP contribution in [0.1, 0.15) is 5.69 Å². The van der Waals surface area contributed by atoms with Crippen molar-refractivity contribution in [2.24, 2.45) is 5.28 Å². The van der Waals surface area contributed by atoms with Crippen molar-refractivity contribution in [1.82, 2.24) is 14.9 Å². The van der Waals surface area contributed by atoms with Gasteiger partial charge in [0.2, 0.25) is 0 Å².